The van der Waals surface area contributed by atoms with E-state index in [1.54, 1.807) is 23.1 Å². The van der Waals surface area contributed by atoms with Crippen molar-refractivity contribution in [3.8, 4) is 0 Å². The SMILES string of the molecule is O=C(CSc1nnc(CSc2nc3ccccc3s2)n1Cc1ccccc1)NCC1CC1. The second-order valence-corrected chi connectivity index (χ2v) is 10.9. The molecule has 0 unspecified atom stereocenters. The Balaban J connectivity index is 1.29. The van der Waals surface area contributed by atoms with Gasteiger partial charge in [-0.25, -0.2) is 4.98 Å². The predicted molar refractivity (Wildman–Crippen MR) is 131 cm³/mol. The lowest BCUT2D eigenvalue weighted by molar-refractivity contribution is -0.118. The smallest absolute Gasteiger partial charge is 0.230 e. The minimum atomic E-state index is 0.0570. The van der Waals surface area contributed by atoms with Gasteiger partial charge in [0.05, 0.1) is 28.3 Å². The van der Waals surface area contributed by atoms with Crippen LogP contribution in [0.2, 0.25) is 0 Å². The number of rotatable bonds is 10. The van der Waals surface area contributed by atoms with E-state index in [0.717, 1.165) is 27.4 Å². The first-order chi connectivity index (χ1) is 15.7. The summed E-state index contributed by atoms with van der Waals surface area (Å²) in [6.07, 6.45) is 2.46. The molecule has 1 N–H and O–H groups in total. The Labute approximate surface area is 199 Å². The number of para-hydroxylation sites is 1. The lowest BCUT2D eigenvalue weighted by Gasteiger charge is -2.10. The number of aromatic nitrogens is 4. The Morgan fingerprint density at radius 1 is 1.06 bits per heavy atom. The van der Waals surface area contributed by atoms with E-state index in [1.165, 1.54) is 34.9 Å². The van der Waals surface area contributed by atoms with Crippen molar-refractivity contribution in [3.05, 3.63) is 66.0 Å². The third-order valence-electron chi connectivity index (χ3n) is 5.19. The summed E-state index contributed by atoms with van der Waals surface area (Å²) in [5.41, 5.74) is 2.21. The molecule has 1 fully saturated rings. The third-order valence-corrected chi connectivity index (χ3v) is 8.34. The van der Waals surface area contributed by atoms with E-state index < -0.39 is 0 Å². The molecule has 2 aromatic heterocycles. The molecule has 5 rings (SSSR count). The number of carbonyl (C=O) groups is 1. The summed E-state index contributed by atoms with van der Waals surface area (Å²) in [5, 5.41) is 12.7. The maximum atomic E-state index is 12.2. The monoisotopic (exact) mass is 481 g/mol. The van der Waals surface area contributed by atoms with Crippen LogP contribution in [0.15, 0.2) is 64.1 Å². The van der Waals surface area contributed by atoms with Gasteiger partial charge in [-0.3, -0.25) is 4.79 Å². The van der Waals surface area contributed by atoms with Gasteiger partial charge in [-0.15, -0.1) is 21.5 Å². The van der Waals surface area contributed by atoms with Gasteiger partial charge < -0.3 is 9.88 Å². The molecule has 0 atom stereocenters. The summed E-state index contributed by atoms with van der Waals surface area (Å²) in [4.78, 5) is 16.9. The van der Waals surface area contributed by atoms with Crippen molar-refractivity contribution in [1.82, 2.24) is 25.1 Å². The summed E-state index contributed by atoms with van der Waals surface area (Å²) in [6.45, 7) is 1.47. The normalized spacial score (nSPS) is 13.5. The van der Waals surface area contributed by atoms with E-state index in [0.29, 0.717) is 24.0 Å². The number of thioether (sulfide) groups is 2. The predicted octanol–water partition coefficient (Wildman–Crippen LogP) is 4.85. The largest absolute Gasteiger partial charge is 0.355 e. The summed E-state index contributed by atoms with van der Waals surface area (Å²) < 4.78 is 4.33. The Kier molecular flexibility index (Phi) is 6.75. The summed E-state index contributed by atoms with van der Waals surface area (Å²) >= 11 is 4.82. The van der Waals surface area contributed by atoms with Crippen molar-refractivity contribution in [2.75, 3.05) is 12.3 Å². The maximum absolute atomic E-state index is 12.2. The van der Waals surface area contributed by atoms with Crippen molar-refractivity contribution >= 4 is 51.0 Å². The number of carbonyl (C=O) groups excluding carboxylic acids is 1. The zero-order valence-electron chi connectivity index (χ0n) is 17.4. The van der Waals surface area contributed by atoms with Crippen molar-refractivity contribution in [3.63, 3.8) is 0 Å². The molecule has 0 aliphatic heterocycles. The molecule has 6 nitrogen and oxygen atoms in total. The van der Waals surface area contributed by atoms with E-state index >= 15 is 0 Å². The quantitative estimate of drug-likeness (QED) is 0.327. The van der Waals surface area contributed by atoms with E-state index in [1.807, 2.05) is 36.4 Å². The summed E-state index contributed by atoms with van der Waals surface area (Å²) in [6, 6.07) is 18.5. The molecule has 1 aliphatic carbocycles. The van der Waals surface area contributed by atoms with Gasteiger partial charge in [-0.05, 0) is 36.5 Å². The van der Waals surface area contributed by atoms with Crippen LogP contribution in [0.4, 0.5) is 0 Å². The average Bonchev–Trinajstić information content (AvgIpc) is 3.44. The zero-order chi connectivity index (χ0) is 21.8. The fourth-order valence-electron chi connectivity index (χ4n) is 3.26. The van der Waals surface area contributed by atoms with Crippen molar-refractivity contribution < 1.29 is 4.79 Å². The van der Waals surface area contributed by atoms with Gasteiger partial charge in [0.1, 0.15) is 5.82 Å². The first-order valence-corrected chi connectivity index (χ1v) is 13.4. The lowest BCUT2D eigenvalue weighted by Crippen LogP contribution is -2.27. The van der Waals surface area contributed by atoms with Gasteiger partial charge in [0.2, 0.25) is 5.91 Å². The molecule has 4 aromatic rings. The van der Waals surface area contributed by atoms with Crippen LogP contribution in [0.5, 0.6) is 0 Å². The second kappa shape index (κ2) is 10.1. The first kappa shape index (κ1) is 21.5. The zero-order valence-corrected chi connectivity index (χ0v) is 19.9. The molecule has 164 valence electrons. The highest BCUT2D eigenvalue weighted by Crippen LogP contribution is 2.32. The molecule has 1 amide bonds. The number of nitrogens with zero attached hydrogens (tertiary/aromatic N) is 4. The van der Waals surface area contributed by atoms with E-state index in [9.17, 15) is 4.79 Å². The minimum Gasteiger partial charge on any atom is -0.355 e. The summed E-state index contributed by atoms with van der Waals surface area (Å²) in [7, 11) is 0. The van der Waals surface area contributed by atoms with Gasteiger partial charge in [0.25, 0.3) is 0 Å². The molecule has 2 heterocycles. The van der Waals surface area contributed by atoms with Crippen LogP contribution in [-0.4, -0.2) is 38.0 Å². The molecular weight excluding hydrogens is 458 g/mol. The fraction of sp³-hybridized carbons (Fsp3) is 0.304. The number of fused-ring (bicyclic) bond motifs is 1. The average molecular weight is 482 g/mol. The molecule has 2 aromatic carbocycles. The molecule has 0 bridgehead atoms. The Hall–Kier alpha value is -2.36. The summed E-state index contributed by atoms with van der Waals surface area (Å²) in [5.74, 6) is 2.65. The minimum absolute atomic E-state index is 0.0570. The van der Waals surface area contributed by atoms with Crippen LogP contribution in [0, 0.1) is 5.92 Å². The van der Waals surface area contributed by atoms with Gasteiger partial charge in [0.15, 0.2) is 9.50 Å². The fourth-order valence-corrected chi connectivity index (χ4v) is 6.05. The second-order valence-electron chi connectivity index (χ2n) is 7.74. The van der Waals surface area contributed by atoms with Crippen molar-refractivity contribution in [1.29, 1.82) is 0 Å². The highest BCUT2D eigenvalue weighted by Gasteiger charge is 2.22. The molecule has 0 saturated heterocycles. The molecule has 1 aliphatic rings. The molecule has 9 heteroatoms. The van der Waals surface area contributed by atoms with Crippen LogP contribution in [0.25, 0.3) is 10.2 Å². The van der Waals surface area contributed by atoms with Gasteiger partial charge >= 0.3 is 0 Å². The van der Waals surface area contributed by atoms with Crippen LogP contribution >= 0.6 is 34.9 Å². The number of hydrogen-bond acceptors (Lipinski definition) is 7. The van der Waals surface area contributed by atoms with E-state index in [2.05, 4.69) is 38.3 Å². The number of benzene rings is 2. The van der Waals surface area contributed by atoms with Crippen LogP contribution in [-0.2, 0) is 17.1 Å². The van der Waals surface area contributed by atoms with Gasteiger partial charge in [-0.2, -0.15) is 0 Å². The van der Waals surface area contributed by atoms with Crippen molar-refractivity contribution in [2.45, 2.75) is 34.6 Å². The van der Waals surface area contributed by atoms with E-state index in [4.69, 9.17) is 4.98 Å². The lowest BCUT2D eigenvalue weighted by atomic mass is 10.2. The van der Waals surface area contributed by atoms with Gasteiger partial charge in [0, 0.05) is 6.54 Å². The Morgan fingerprint density at radius 3 is 2.69 bits per heavy atom. The van der Waals surface area contributed by atoms with Crippen LogP contribution < -0.4 is 5.32 Å². The number of thiazole rings is 1. The molecule has 32 heavy (non-hydrogen) atoms. The number of nitrogens with one attached hydrogen (secondary N) is 1. The number of amides is 1. The Bertz CT molecular complexity index is 1170. The van der Waals surface area contributed by atoms with Crippen molar-refractivity contribution in [2.24, 2.45) is 5.92 Å². The topological polar surface area (TPSA) is 72.7 Å². The van der Waals surface area contributed by atoms with Crippen LogP contribution in [0.1, 0.15) is 24.2 Å². The maximum Gasteiger partial charge on any atom is 0.230 e. The Morgan fingerprint density at radius 2 is 1.88 bits per heavy atom. The highest BCUT2D eigenvalue weighted by atomic mass is 32.2. The molecule has 0 radical (unpaired) electrons. The third kappa shape index (κ3) is 5.51. The van der Waals surface area contributed by atoms with Gasteiger partial charge in [-0.1, -0.05) is 66.0 Å². The van der Waals surface area contributed by atoms with E-state index in [-0.39, 0.29) is 5.91 Å². The molecule has 1 saturated carbocycles. The highest BCUT2D eigenvalue weighted by molar-refractivity contribution is 8.00. The molecular formula is C23H23N5OS3. The first-order valence-electron chi connectivity index (χ1n) is 10.6. The van der Waals surface area contributed by atoms with Crippen LogP contribution in [0.3, 0.4) is 0 Å². The standard InChI is InChI=1S/C23H23N5OS3/c29-21(24-12-16-10-11-16)15-30-22-27-26-20(28(22)13-17-6-2-1-3-7-17)14-31-23-25-18-8-4-5-9-19(18)32-23/h1-9,16H,10-15H2,(H,24,29). The number of hydrogen-bond donors (Lipinski definition) is 1. The molecule has 0 spiro atoms.